The van der Waals surface area contributed by atoms with Gasteiger partial charge in [-0.1, -0.05) is 18.2 Å². The Kier molecular flexibility index (Phi) is 3.51. The fourth-order valence-corrected chi connectivity index (χ4v) is 5.83. The summed E-state index contributed by atoms with van der Waals surface area (Å²) in [5, 5.41) is 19.9. The van der Waals surface area contributed by atoms with Crippen molar-refractivity contribution in [1.29, 1.82) is 0 Å². The minimum Gasteiger partial charge on any atom is -0.481 e. The van der Waals surface area contributed by atoms with Crippen LogP contribution in [0.5, 0.6) is 0 Å². The summed E-state index contributed by atoms with van der Waals surface area (Å²) in [5.41, 5.74) is 3.65. The Hall–Kier alpha value is -1.72. The van der Waals surface area contributed by atoms with E-state index in [1.807, 2.05) is 6.07 Å². The first-order valence-corrected chi connectivity index (χ1v) is 9.46. The highest BCUT2D eigenvalue weighted by Crippen LogP contribution is 2.48. The van der Waals surface area contributed by atoms with Gasteiger partial charge in [0.05, 0.1) is 17.7 Å². The molecule has 3 fully saturated rings. The number of aliphatic imine (C=N–C) groups is 1. The predicted octanol–water partition coefficient (Wildman–Crippen LogP) is 2.42. The van der Waals surface area contributed by atoms with Gasteiger partial charge in [-0.25, -0.2) is 0 Å². The van der Waals surface area contributed by atoms with Gasteiger partial charge in [0.2, 0.25) is 0 Å². The lowest BCUT2D eigenvalue weighted by Crippen LogP contribution is -2.59. The molecule has 0 radical (unpaired) electrons. The van der Waals surface area contributed by atoms with E-state index in [0.29, 0.717) is 18.3 Å². The molecule has 5 heteroatoms. The molecule has 1 aliphatic carbocycles. The number of para-hydroxylation sites is 1. The van der Waals surface area contributed by atoms with E-state index in [1.165, 1.54) is 11.3 Å². The third-order valence-corrected chi connectivity index (χ3v) is 6.97. The molecule has 1 aromatic rings. The van der Waals surface area contributed by atoms with Gasteiger partial charge in [0, 0.05) is 24.2 Å². The van der Waals surface area contributed by atoms with Crippen molar-refractivity contribution in [2.75, 3.05) is 13.1 Å². The van der Waals surface area contributed by atoms with Crippen LogP contribution >= 0.6 is 0 Å². The van der Waals surface area contributed by atoms with Gasteiger partial charge in [0.25, 0.3) is 0 Å². The van der Waals surface area contributed by atoms with Crippen LogP contribution in [0, 0.1) is 17.8 Å². The zero-order chi connectivity index (χ0) is 17.1. The quantitative estimate of drug-likeness (QED) is 0.823. The van der Waals surface area contributed by atoms with E-state index in [0.717, 1.165) is 38.0 Å². The van der Waals surface area contributed by atoms with Crippen LogP contribution < -0.4 is 0 Å². The largest absolute Gasteiger partial charge is 0.481 e. The highest BCUT2D eigenvalue weighted by Gasteiger charge is 2.51. The number of fused-ring (bicyclic) bond motifs is 6. The lowest BCUT2D eigenvalue weighted by molar-refractivity contribution is -0.155. The standard InChI is InChI=1S/C20H24N2O3/c23-17-6-5-11-10-22-8-7-13-12-3-1-2-4-15(12)21-19(13)16(22)9-14(11)18(17)20(24)25/h1-4,11,13-14,16-18,23H,5-10H2,(H,24,25)/t11-,13?,14+,16+,17+,18+/m1/s1. The maximum atomic E-state index is 11.8. The number of hydrogen-bond donors (Lipinski definition) is 2. The maximum absolute atomic E-state index is 11.8. The first-order valence-electron chi connectivity index (χ1n) is 9.46. The normalized spacial score (nSPS) is 39.6. The fraction of sp³-hybridized carbons (Fsp3) is 0.600. The van der Waals surface area contributed by atoms with Crippen molar-refractivity contribution < 1.29 is 15.0 Å². The lowest BCUT2D eigenvalue weighted by Gasteiger charge is -2.51. The van der Waals surface area contributed by atoms with Gasteiger partial charge in [0.15, 0.2) is 0 Å². The van der Waals surface area contributed by atoms with Gasteiger partial charge in [-0.3, -0.25) is 14.7 Å². The molecule has 0 bridgehead atoms. The molecule has 4 aliphatic rings. The molecular weight excluding hydrogens is 316 g/mol. The van der Waals surface area contributed by atoms with E-state index in [2.05, 4.69) is 23.1 Å². The van der Waals surface area contributed by atoms with Crippen molar-refractivity contribution in [3.63, 3.8) is 0 Å². The molecule has 132 valence electrons. The minimum absolute atomic E-state index is 0.0627. The van der Waals surface area contributed by atoms with Gasteiger partial charge in [-0.2, -0.15) is 0 Å². The van der Waals surface area contributed by atoms with E-state index >= 15 is 0 Å². The van der Waals surface area contributed by atoms with Crippen LogP contribution in [0.4, 0.5) is 5.69 Å². The van der Waals surface area contributed by atoms with E-state index in [4.69, 9.17) is 4.99 Å². The molecule has 0 aromatic heterocycles. The minimum atomic E-state index is -0.834. The molecule has 0 spiro atoms. The van der Waals surface area contributed by atoms with Gasteiger partial charge in [-0.15, -0.1) is 0 Å². The number of nitrogens with zero attached hydrogens (tertiary/aromatic N) is 2. The van der Waals surface area contributed by atoms with Crippen LogP contribution in [-0.4, -0.2) is 52.0 Å². The molecule has 6 atom stereocenters. The summed E-state index contributed by atoms with van der Waals surface area (Å²) in [6.45, 7) is 2.01. The third-order valence-electron chi connectivity index (χ3n) is 6.97. The molecule has 1 unspecified atom stereocenters. The highest BCUT2D eigenvalue weighted by atomic mass is 16.4. The van der Waals surface area contributed by atoms with Crippen LogP contribution in [0.1, 0.15) is 37.2 Å². The average Bonchev–Trinajstić information content (AvgIpc) is 2.99. The number of aliphatic carboxylic acids is 1. The number of piperidine rings is 2. The van der Waals surface area contributed by atoms with Crippen LogP contribution in [0.3, 0.4) is 0 Å². The Morgan fingerprint density at radius 2 is 2.04 bits per heavy atom. The molecule has 1 aromatic carbocycles. The van der Waals surface area contributed by atoms with Crippen LogP contribution in [0.2, 0.25) is 0 Å². The number of aliphatic hydroxyl groups excluding tert-OH is 1. The fourth-order valence-electron chi connectivity index (χ4n) is 5.83. The Bertz CT molecular complexity index is 746. The molecule has 5 rings (SSSR count). The lowest BCUT2D eigenvalue weighted by atomic mass is 9.64. The van der Waals surface area contributed by atoms with Crippen molar-refractivity contribution in [2.45, 2.75) is 43.7 Å². The summed E-state index contributed by atoms with van der Waals surface area (Å²) < 4.78 is 0. The molecule has 3 aliphatic heterocycles. The summed E-state index contributed by atoms with van der Waals surface area (Å²) >= 11 is 0. The van der Waals surface area contributed by atoms with Crippen LogP contribution in [0.15, 0.2) is 29.3 Å². The van der Waals surface area contributed by atoms with Crippen molar-refractivity contribution in [2.24, 2.45) is 22.7 Å². The van der Waals surface area contributed by atoms with Gasteiger partial charge >= 0.3 is 5.97 Å². The number of carboxylic acids is 1. The predicted molar refractivity (Wildman–Crippen MR) is 94.2 cm³/mol. The smallest absolute Gasteiger partial charge is 0.309 e. The first-order chi connectivity index (χ1) is 12.1. The van der Waals surface area contributed by atoms with E-state index in [-0.39, 0.29) is 12.0 Å². The number of rotatable bonds is 1. The Morgan fingerprint density at radius 3 is 2.88 bits per heavy atom. The second-order valence-corrected chi connectivity index (χ2v) is 8.12. The average molecular weight is 340 g/mol. The molecule has 5 nitrogen and oxygen atoms in total. The molecule has 25 heavy (non-hydrogen) atoms. The zero-order valence-corrected chi connectivity index (χ0v) is 14.2. The molecule has 2 saturated heterocycles. The summed E-state index contributed by atoms with van der Waals surface area (Å²) in [4.78, 5) is 19.3. The number of hydrogen-bond acceptors (Lipinski definition) is 4. The second-order valence-electron chi connectivity index (χ2n) is 8.12. The number of benzene rings is 1. The van der Waals surface area contributed by atoms with Gasteiger partial charge in [0.1, 0.15) is 0 Å². The molecular formula is C20H24N2O3. The number of carbonyl (C=O) groups is 1. The van der Waals surface area contributed by atoms with Crippen LogP contribution in [0.25, 0.3) is 0 Å². The first kappa shape index (κ1) is 15.5. The molecule has 1 saturated carbocycles. The van der Waals surface area contributed by atoms with E-state index in [9.17, 15) is 15.0 Å². The Labute approximate surface area is 147 Å². The van der Waals surface area contributed by atoms with Crippen molar-refractivity contribution >= 4 is 17.4 Å². The SMILES string of the molecule is O=C(O)[C@H]1[C@H]2C[C@H]3C4=Nc5ccccc5C4CCN3C[C@H]2CC[C@@H]1O. The Morgan fingerprint density at radius 1 is 1.20 bits per heavy atom. The third kappa shape index (κ3) is 2.29. The molecule has 3 heterocycles. The second kappa shape index (κ2) is 5.64. The van der Waals surface area contributed by atoms with E-state index < -0.39 is 18.0 Å². The highest BCUT2D eigenvalue weighted by molar-refractivity contribution is 6.02. The van der Waals surface area contributed by atoms with Crippen molar-refractivity contribution in [3.8, 4) is 0 Å². The van der Waals surface area contributed by atoms with Crippen molar-refractivity contribution in [1.82, 2.24) is 4.90 Å². The summed E-state index contributed by atoms with van der Waals surface area (Å²) in [7, 11) is 0. The van der Waals surface area contributed by atoms with Gasteiger partial charge < -0.3 is 10.2 Å². The topological polar surface area (TPSA) is 73.1 Å². The van der Waals surface area contributed by atoms with Crippen molar-refractivity contribution in [3.05, 3.63) is 29.8 Å². The van der Waals surface area contributed by atoms with Crippen LogP contribution in [-0.2, 0) is 4.79 Å². The molecule has 0 amide bonds. The number of carboxylic acid groups (broad SMARTS) is 1. The van der Waals surface area contributed by atoms with Gasteiger partial charge in [-0.05, 0) is 55.7 Å². The summed E-state index contributed by atoms with van der Waals surface area (Å²) in [5.74, 6) is -0.606. The summed E-state index contributed by atoms with van der Waals surface area (Å²) in [6.07, 6.45) is 2.78. The maximum Gasteiger partial charge on any atom is 0.309 e. The zero-order valence-electron chi connectivity index (χ0n) is 14.2. The Balaban J connectivity index is 1.47. The number of aliphatic hydroxyl groups is 1. The monoisotopic (exact) mass is 340 g/mol. The summed E-state index contributed by atoms with van der Waals surface area (Å²) in [6, 6.07) is 8.62. The molecule has 2 N–H and O–H groups in total. The van der Waals surface area contributed by atoms with E-state index in [1.54, 1.807) is 0 Å².